The number of anilines is 1. The molecule has 0 bridgehead atoms. The highest BCUT2D eigenvalue weighted by Gasteiger charge is 2.34. The molecule has 0 spiro atoms. The van der Waals surface area contributed by atoms with E-state index < -0.39 is 23.7 Å². The van der Waals surface area contributed by atoms with Crippen LogP contribution < -0.4 is 10.6 Å². The smallest absolute Gasteiger partial charge is 0.350 e. The van der Waals surface area contributed by atoms with Gasteiger partial charge in [-0.1, -0.05) is 16.8 Å². The summed E-state index contributed by atoms with van der Waals surface area (Å²) in [4.78, 5) is 30.7. The highest BCUT2D eigenvalue weighted by molar-refractivity contribution is 6.32. The van der Waals surface area contributed by atoms with Gasteiger partial charge >= 0.3 is 6.18 Å². The highest BCUT2D eigenvalue weighted by atomic mass is 35.5. The van der Waals surface area contributed by atoms with Crippen molar-refractivity contribution >= 4 is 29.1 Å². The lowest BCUT2D eigenvalue weighted by atomic mass is 10.0. The first-order valence-electron chi connectivity index (χ1n) is 11.7. The van der Waals surface area contributed by atoms with Gasteiger partial charge < -0.3 is 10.6 Å². The molecule has 206 valence electrons. The van der Waals surface area contributed by atoms with Crippen molar-refractivity contribution in [1.82, 2.24) is 35.1 Å². The summed E-state index contributed by atoms with van der Waals surface area (Å²) in [5.41, 5.74) is -0.196. The number of alkyl halides is 3. The lowest BCUT2D eigenvalue weighted by Gasteiger charge is -2.16. The van der Waals surface area contributed by atoms with Crippen molar-refractivity contribution in [2.75, 3.05) is 5.32 Å². The van der Waals surface area contributed by atoms with Gasteiger partial charge in [-0.05, 0) is 56.7 Å². The number of nitrogens with zero attached hydrogens (tertiary/aromatic N) is 7. The molecule has 0 radical (unpaired) electrons. The second-order valence-electron chi connectivity index (χ2n) is 8.95. The van der Waals surface area contributed by atoms with E-state index in [4.69, 9.17) is 11.6 Å². The molecule has 4 rings (SSSR count). The number of amides is 2. The summed E-state index contributed by atoms with van der Waals surface area (Å²) in [7, 11) is 0. The molecule has 0 atom stereocenters. The van der Waals surface area contributed by atoms with Gasteiger partial charge in [0.2, 0.25) is 0 Å². The zero-order valence-corrected chi connectivity index (χ0v) is 22.0. The number of carbonyl (C=O) groups is 2. The van der Waals surface area contributed by atoms with E-state index in [0.29, 0.717) is 11.8 Å². The van der Waals surface area contributed by atoms with Crippen LogP contribution in [-0.2, 0) is 12.7 Å². The molecular weight excluding hydrogens is 551 g/mol. The summed E-state index contributed by atoms with van der Waals surface area (Å²) in [5, 5.41) is 25.9. The number of aromatic nitrogens is 6. The molecule has 11 nitrogen and oxygen atoms in total. The molecule has 0 aliphatic heterocycles. The van der Waals surface area contributed by atoms with Crippen molar-refractivity contribution in [2.45, 2.75) is 39.5 Å². The summed E-state index contributed by atoms with van der Waals surface area (Å²) in [6.07, 6.45) is -2.54. The molecule has 1 aromatic carbocycles. The fourth-order valence-electron chi connectivity index (χ4n) is 3.75. The number of benzene rings is 1. The first-order valence-corrected chi connectivity index (χ1v) is 12.1. The molecule has 0 aliphatic carbocycles. The summed E-state index contributed by atoms with van der Waals surface area (Å²) >= 11 is 6.30. The fraction of sp³-hybridized carbons (Fsp3) is 0.240. The minimum atomic E-state index is -4.68. The van der Waals surface area contributed by atoms with Gasteiger partial charge in [-0.25, -0.2) is 14.3 Å². The molecule has 0 fully saturated rings. The molecule has 15 heteroatoms. The van der Waals surface area contributed by atoms with Gasteiger partial charge in [0.05, 0.1) is 46.3 Å². The normalized spacial score (nSPS) is 11.4. The zero-order valence-electron chi connectivity index (χ0n) is 21.3. The van der Waals surface area contributed by atoms with E-state index >= 15 is 0 Å². The van der Waals surface area contributed by atoms with Crippen molar-refractivity contribution in [3.8, 4) is 11.9 Å². The summed E-state index contributed by atoms with van der Waals surface area (Å²) in [6.45, 7) is 4.91. The van der Waals surface area contributed by atoms with Gasteiger partial charge in [-0.15, -0.1) is 5.10 Å². The average molecular weight is 572 g/mol. The van der Waals surface area contributed by atoms with E-state index in [1.165, 1.54) is 30.5 Å². The Morgan fingerprint density at radius 1 is 1.20 bits per heavy atom. The van der Waals surface area contributed by atoms with Gasteiger partial charge in [-0.2, -0.15) is 23.5 Å². The van der Waals surface area contributed by atoms with Crippen LogP contribution in [0, 0.1) is 18.3 Å². The van der Waals surface area contributed by atoms with Crippen molar-refractivity contribution in [2.24, 2.45) is 0 Å². The monoisotopic (exact) mass is 571 g/mol. The number of hydrogen-bond acceptors (Lipinski definition) is 7. The van der Waals surface area contributed by atoms with Gasteiger partial charge in [0.15, 0.2) is 11.5 Å². The largest absolute Gasteiger partial charge is 0.436 e. The van der Waals surface area contributed by atoms with Crippen molar-refractivity contribution < 1.29 is 22.8 Å². The van der Waals surface area contributed by atoms with Crippen LogP contribution >= 0.6 is 11.6 Å². The molecule has 0 unspecified atom stereocenters. The predicted octanol–water partition coefficient (Wildman–Crippen LogP) is 4.15. The Labute approximate surface area is 230 Å². The zero-order chi connectivity index (χ0) is 29.2. The standard InChI is InChI=1S/C25H21ClF3N9O2/c1-13(2)32-23(39)17-8-15(10-30)7-14(3)21(17)33-24(40)19-9-16(11-37-12-20(34-36-37)25(27,28)29)35-38(19)22-18(26)5-4-6-31-22/h4-9,12-13H,11H2,1-3H3,(H,32,39)(H,33,40). The number of carbonyl (C=O) groups excluding carboxylic acids is 2. The van der Waals surface area contributed by atoms with Crippen LogP contribution in [0.1, 0.15) is 57.2 Å². The predicted molar refractivity (Wildman–Crippen MR) is 137 cm³/mol. The van der Waals surface area contributed by atoms with E-state index in [1.54, 1.807) is 26.8 Å². The molecular formula is C25H21ClF3N9O2. The number of hydrogen-bond donors (Lipinski definition) is 2. The molecule has 0 saturated heterocycles. The number of pyridine rings is 1. The minimum Gasteiger partial charge on any atom is -0.350 e. The number of nitrogens with one attached hydrogen (secondary N) is 2. The van der Waals surface area contributed by atoms with Crippen LogP contribution in [0.5, 0.6) is 0 Å². The van der Waals surface area contributed by atoms with E-state index in [-0.39, 0.29) is 51.6 Å². The second kappa shape index (κ2) is 11.1. The topological polar surface area (TPSA) is 143 Å². The van der Waals surface area contributed by atoms with E-state index in [1.807, 2.05) is 6.07 Å². The average Bonchev–Trinajstić information content (AvgIpc) is 3.52. The maximum atomic E-state index is 13.6. The van der Waals surface area contributed by atoms with Crippen LogP contribution in [0.3, 0.4) is 0 Å². The Hall–Kier alpha value is -4.77. The summed E-state index contributed by atoms with van der Waals surface area (Å²) < 4.78 is 41.0. The van der Waals surface area contributed by atoms with Gasteiger partial charge in [0, 0.05) is 12.2 Å². The Morgan fingerprint density at radius 2 is 1.95 bits per heavy atom. The second-order valence-corrected chi connectivity index (χ2v) is 9.36. The molecule has 2 amide bonds. The lowest BCUT2D eigenvalue weighted by molar-refractivity contribution is -0.141. The molecule has 4 aromatic rings. The van der Waals surface area contributed by atoms with Crippen molar-refractivity contribution in [3.05, 3.63) is 81.5 Å². The third-order valence-electron chi connectivity index (χ3n) is 5.45. The lowest BCUT2D eigenvalue weighted by Crippen LogP contribution is -2.31. The minimum absolute atomic E-state index is 0.0723. The Balaban J connectivity index is 1.75. The van der Waals surface area contributed by atoms with E-state index in [2.05, 4.69) is 31.0 Å². The first kappa shape index (κ1) is 28.2. The van der Waals surface area contributed by atoms with Gasteiger partial charge in [0.25, 0.3) is 11.8 Å². The molecule has 3 aromatic heterocycles. The van der Waals surface area contributed by atoms with Crippen LogP contribution in [0.15, 0.2) is 42.7 Å². The molecule has 3 heterocycles. The maximum Gasteiger partial charge on any atom is 0.436 e. The SMILES string of the molecule is Cc1cc(C#N)cc(C(=O)NC(C)C)c1NC(=O)c1cc(Cn2cc(C(F)(F)F)nn2)nn1-c1ncccc1Cl. The van der Waals surface area contributed by atoms with Crippen LogP contribution in [0.4, 0.5) is 18.9 Å². The first-order chi connectivity index (χ1) is 18.9. The van der Waals surface area contributed by atoms with E-state index in [9.17, 15) is 28.0 Å². The Kier molecular flexibility index (Phi) is 7.87. The number of nitriles is 1. The van der Waals surface area contributed by atoms with Crippen molar-refractivity contribution in [1.29, 1.82) is 5.26 Å². The molecule has 2 N–H and O–H groups in total. The Morgan fingerprint density at radius 3 is 2.58 bits per heavy atom. The fourth-order valence-corrected chi connectivity index (χ4v) is 3.95. The molecule has 0 aliphatic rings. The van der Waals surface area contributed by atoms with E-state index in [0.717, 1.165) is 9.36 Å². The third kappa shape index (κ3) is 6.10. The summed E-state index contributed by atoms with van der Waals surface area (Å²) in [5.74, 6) is -1.13. The number of aryl methyl sites for hydroxylation is 1. The number of rotatable bonds is 7. The van der Waals surface area contributed by atoms with Crippen LogP contribution in [0.2, 0.25) is 5.02 Å². The molecule has 40 heavy (non-hydrogen) atoms. The van der Waals surface area contributed by atoms with Crippen LogP contribution in [-0.4, -0.2) is 47.6 Å². The van der Waals surface area contributed by atoms with Crippen LogP contribution in [0.25, 0.3) is 5.82 Å². The number of halogens is 4. The maximum absolute atomic E-state index is 13.6. The quantitative estimate of drug-likeness (QED) is 0.339. The van der Waals surface area contributed by atoms with Gasteiger partial charge in [-0.3, -0.25) is 9.59 Å². The van der Waals surface area contributed by atoms with Gasteiger partial charge in [0.1, 0.15) is 5.69 Å². The highest BCUT2D eigenvalue weighted by Crippen LogP contribution is 2.28. The van der Waals surface area contributed by atoms with Crippen molar-refractivity contribution in [3.63, 3.8) is 0 Å². The third-order valence-corrected chi connectivity index (χ3v) is 5.75. The molecule has 0 saturated carbocycles. The Bertz CT molecular complexity index is 1640. The summed E-state index contributed by atoms with van der Waals surface area (Å²) in [6, 6.07) is 9.09.